The minimum absolute atomic E-state index is 0.0454. The lowest BCUT2D eigenvalue weighted by atomic mass is 9.92. The van der Waals surface area contributed by atoms with Gasteiger partial charge in [-0.2, -0.15) is 31.4 Å². The summed E-state index contributed by atoms with van der Waals surface area (Å²) in [7, 11) is 1.17. The number of para-hydroxylation sites is 1. The highest BCUT2D eigenvalue weighted by Gasteiger charge is 2.37. The van der Waals surface area contributed by atoms with E-state index in [-0.39, 0.29) is 11.5 Å². The number of aryl methyl sites for hydroxylation is 1. The zero-order chi connectivity index (χ0) is 29.3. The number of anilines is 2. The van der Waals surface area contributed by atoms with Gasteiger partial charge in [0, 0.05) is 24.2 Å². The molecule has 0 bridgehead atoms. The van der Waals surface area contributed by atoms with Crippen LogP contribution in [0.4, 0.5) is 42.6 Å². The Kier molecular flexibility index (Phi) is 8.04. The minimum Gasteiger partial charge on any atom is -0.318 e. The van der Waals surface area contributed by atoms with Crippen LogP contribution in [0.3, 0.4) is 0 Å². The largest absolute Gasteiger partial charge is 0.416 e. The first-order valence-electron chi connectivity index (χ1n) is 11.6. The third-order valence-electron chi connectivity index (χ3n) is 5.66. The number of benzene rings is 2. The topological polar surface area (TPSA) is 79.3 Å². The molecule has 1 aromatic heterocycles. The molecular formula is C26H27F6N5O2. The number of carbonyl (C=O) groups is 2. The third kappa shape index (κ3) is 7.30. The van der Waals surface area contributed by atoms with E-state index in [0.29, 0.717) is 29.3 Å². The van der Waals surface area contributed by atoms with Crippen molar-refractivity contribution < 1.29 is 35.9 Å². The lowest BCUT2D eigenvalue weighted by molar-refractivity contribution is -0.143. The van der Waals surface area contributed by atoms with E-state index in [1.165, 1.54) is 7.05 Å². The highest BCUT2D eigenvalue weighted by molar-refractivity contribution is 5.96. The number of hydrogen-bond donors (Lipinski definition) is 2. The van der Waals surface area contributed by atoms with Crippen LogP contribution in [0.15, 0.2) is 48.5 Å². The van der Waals surface area contributed by atoms with Crippen molar-refractivity contribution in [2.75, 3.05) is 24.2 Å². The molecular weight excluding hydrogens is 528 g/mol. The molecule has 0 fully saturated rings. The Balaban J connectivity index is 1.79. The average Bonchev–Trinajstić information content (AvgIpc) is 3.21. The third-order valence-corrected chi connectivity index (χ3v) is 5.66. The van der Waals surface area contributed by atoms with Crippen molar-refractivity contribution in [3.05, 3.63) is 70.9 Å². The number of urea groups is 1. The maximum Gasteiger partial charge on any atom is 0.416 e. The van der Waals surface area contributed by atoms with E-state index in [9.17, 15) is 35.9 Å². The number of hydrogen-bond acceptors (Lipinski definition) is 3. The van der Waals surface area contributed by atoms with Crippen molar-refractivity contribution in [3.8, 4) is 5.69 Å². The van der Waals surface area contributed by atoms with Gasteiger partial charge >= 0.3 is 18.4 Å². The van der Waals surface area contributed by atoms with E-state index >= 15 is 0 Å². The summed E-state index contributed by atoms with van der Waals surface area (Å²) in [4.78, 5) is 26.2. The molecule has 0 aliphatic heterocycles. The zero-order valence-corrected chi connectivity index (χ0v) is 21.8. The van der Waals surface area contributed by atoms with Gasteiger partial charge in [-0.25, -0.2) is 9.48 Å². The lowest BCUT2D eigenvalue weighted by Crippen LogP contribution is -2.38. The van der Waals surface area contributed by atoms with Crippen molar-refractivity contribution >= 4 is 23.4 Å². The van der Waals surface area contributed by atoms with Gasteiger partial charge in [-0.15, -0.1) is 0 Å². The van der Waals surface area contributed by atoms with Crippen LogP contribution < -0.4 is 10.6 Å². The lowest BCUT2D eigenvalue weighted by Gasteiger charge is -2.19. The summed E-state index contributed by atoms with van der Waals surface area (Å²) in [5, 5.41) is 9.29. The van der Waals surface area contributed by atoms with Gasteiger partial charge in [0.15, 0.2) is 0 Å². The maximum absolute atomic E-state index is 13.1. The number of nitrogens with zero attached hydrogens (tertiary/aromatic N) is 3. The Morgan fingerprint density at radius 3 is 1.97 bits per heavy atom. The molecule has 0 spiro atoms. The molecule has 2 N–H and O–H groups in total. The number of nitrogens with one attached hydrogen (secondary N) is 2. The molecule has 0 atom stereocenters. The number of aromatic nitrogens is 2. The highest BCUT2D eigenvalue weighted by Crippen LogP contribution is 2.37. The Hall–Kier alpha value is -4.03. The van der Waals surface area contributed by atoms with Gasteiger partial charge in [-0.3, -0.25) is 4.79 Å². The molecule has 39 heavy (non-hydrogen) atoms. The van der Waals surface area contributed by atoms with Crippen LogP contribution in [-0.4, -0.2) is 40.2 Å². The summed E-state index contributed by atoms with van der Waals surface area (Å²) in [5.41, 5.74) is -1.96. The van der Waals surface area contributed by atoms with E-state index in [1.807, 2.05) is 57.3 Å². The molecule has 13 heteroatoms. The Morgan fingerprint density at radius 1 is 0.897 bits per heavy atom. The number of rotatable bonds is 5. The molecule has 3 rings (SSSR count). The molecule has 0 saturated heterocycles. The molecule has 1 heterocycles. The number of amides is 3. The van der Waals surface area contributed by atoms with Crippen LogP contribution in [0.2, 0.25) is 0 Å². The molecule has 210 valence electrons. The Morgan fingerprint density at radius 2 is 1.46 bits per heavy atom. The number of halogens is 6. The first kappa shape index (κ1) is 29.5. The van der Waals surface area contributed by atoms with E-state index in [4.69, 9.17) is 0 Å². The number of alkyl halides is 6. The van der Waals surface area contributed by atoms with Crippen LogP contribution in [-0.2, 0) is 22.6 Å². The summed E-state index contributed by atoms with van der Waals surface area (Å²) in [6, 6.07) is 8.67. The second-order valence-electron chi connectivity index (χ2n) is 9.99. The second-order valence-corrected chi connectivity index (χ2v) is 9.99. The SMILES string of the molecule is Cc1ccccc1-n1nc(C(C)(C)C)cc1NC(=O)CN(C)C(=O)Nc1cc(C(F)(F)F)cc(C(F)(F)F)c1. The molecule has 3 amide bonds. The molecule has 7 nitrogen and oxygen atoms in total. The zero-order valence-electron chi connectivity index (χ0n) is 21.8. The molecule has 0 aliphatic rings. The van der Waals surface area contributed by atoms with Crippen molar-refractivity contribution in [2.24, 2.45) is 0 Å². The Bertz CT molecular complexity index is 1340. The predicted octanol–water partition coefficient (Wildman–Crippen LogP) is 6.62. The average molecular weight is 556 g/mol. The number of likely N-dealkylation sites (N-methyl/N-ethyl adjacent to an activating group) is 1. The predicted molar refractivity (Wildman–Crippen MR) is 134 cm³/mol. The first-order valence-corrected chi connectivity index (χ1v) is 11.6. The maximum atomic E-state index is 13.1. The summed E-state index contributed by atoms with van der Waals surface area (Å²) < 4.78 is 80.2. The van der Waals surface area contributed by atoms with Crippen molar-refractivity contribution in [1.82, 2.24) is 14.7 Å². The Labute approximate surface area is 220 Å². The van der Waals surface area contributed by atoms with Crippen LogP contribution in [0, 0.1) is 6.92 Å². The fraction of sp³-hybridized carbons (Fsp3) is 0.346. The monoisotopic (exact) mass is 555 g/mol. The smallest absolute Gasteiger partial charge is 0.318 e. The van der Waals surface area contributed by atoms with Crippen LogP contribution >= 0.6 is 0 Å². The molecule has 0 unspecified atom stereocenters. The fourth-order valence-corrected chi connectivity index (χ4v) is 3.54. The van der Waals surface area contributed by atoms with Crippen LogP contribution in [0.5, 0.6) is 0 Å². The van der Waals surface area contributed by atoms with Gasteiger partial charge in [-0.1, -0.05) is 39.0 Å². The van der Waals surface area contributed by atoms with E-state index < -0.39 is 47.6 Å². The van der Waals surface area contributed by atoms with Gasteiger partial charge in [0.05, 0.1) is 22.5 Å². The molecule has 2 aromatic carbocycles. The van der Waals surface area contributed by atoms with E-state index in [1.54, 1.807) is 10.7 Å². The van der Waals surface area contributed by atoms with Gasteiger partial charge in [0.2, 0.25) is 5.91 Å². The van der Waals surface area contributed by atoms with Gasteiger partial charge < -0.3 is 15.5 Å². The molecule has 0 aliphatic carbocycles. The minimum atomic E-state index is -5.07. The molecule has 3 aromatic rings. The summed E-state index contributed by atoms with van der Waals surface area (Å²) in [6.45, 7) is 7.15. The van der Waals surface area contributed by atoms with Crippen LogP contribution in [0.1, 0.15) is 43.2 Å². The molecule has 0 saturated carbocycles. The molecule has 0 radical (unpaired) electrons. The van der Waals surface area contributed by atoms with Crippen LogP contribution in [0.25, 0.3) is 5.69 Å². The standard InChI is InChI=1S/C26H27F6N5O2/c1-15-8-6-7-9-19(15)37-21(13-20(35-37)24(2,3)4)34-22(38)14-36(5)23(39)33-18-11-16(25(27,28)29)10-17(12-18)26(30,31)32/h6-13H,14H2,1-5H3,(H,33,39)(H,34,38). The van der Waals surface area contributed by atoms with Crippen molar-refractivity contribution in [2.45, 2.75) is 45.5 Å². The normalized spacial score (nSPS) is 12.3. The summed E-state index contributed by atoms with van der Waals surface area (Å²) in [6.07, 6.45) is -10.1. The summed E-state index contributed by atoms with van der Waals surface area (Å²) in [5.74, 6) is -0.344. The quantitative estimate of drug-likeness (QED) is 0.348. The van der Waals surface area contributed by atoms with E-state index in [0.717, 1.165) is 10.5 Å². The van der Waals surface area contributed by atoms with Crippen molar-refractivity contribution in [1.29, 1.82) is 0 Å². The number of carbonyl (C=O) groups excluding carboxylic acids is 2. The van der Waals surface area contributed by atoms with Gasteiger partial charge in [-0.05, 0) is 36.8 Å². The van der Waals surface area contributed by atoms with Gasteiger partial charge in [0.1, 0.15) is 12.4 Å². The van der Waals surface area contributed by atoms with Crippen molar-refractivity contribution in [3.63, 3.8) is 0 Å². The second kappa shape index (κ2) is 10.6. The fourth-order valence-electron chi connectivity index (χ4n) is 3.54. The summed E-state index contributed by atoms with van der Waals surface area (Å²) >= 11 is 0. The van der Waals surface area contributed by atoms with Gasteiger partial charge in [0.25, 0.3) is 0 Å². The van der Waals surface area contributed by atoms with E-state index in [2.05, 4.69) is 10.4 Å². The first-order chi connectivity index (χ1) is 17.9. The highest BCUT2D eigenvalue weighted by atomic mass is 19.4.